The van der Waals surface area contributed by atoms with Gasteiger partial charge in [-0.3, -0.25) is 19.3 Å². The molecule has 0 unspecified atom stereocenters. The molecule has 1 N–H and O–H groups in total. The normalized spacial score (nSPS) is 24.9. The number of hydrogen-bond acceptors (Lipinski definition) is 14. The molecule has 15 heteroatoms. The van der Waals surface area contributed by atoms with Crippen molar-refractivity contribution in [1.29, 1.82) is 0 Å². The van der Waals surface area contributed by atoms with E-state index < -0.39 is 85.7 Å². The lowest BCUT2D eigenvalue weighted by Crippen LogP contribution is -2.70. The third-order valence-electron chi connectivity index (χ3n) is 12.7. The van der Waals surface area contributed by atoms with Gasteiger partial charge < -0.3 is 52.5 Å². The molecule has 3 aliphatic heterocycles. The van der Waals surface area contributed by atoms with Crippen LogP contribution in [0.1, 0.15) is 49.9 Å². The molecule has 0 aliphatic carbocycles. The zero-order valence-electron chi connectivity index (χ0n) is 39.9. The predicted octanol–water partition coefficient (Wildman–Crippen LogP) is 7.47. The molecule has 15 nitrogen and oxygen atoms in total. The van der Waals surface area contributed by atoms with E-state index in [9.17, 15) is 19.5 Å². The van der Waals surface area contributed by atoms with Crippen molar-refractivity contribution in [3.8, 4) is 11.5 Å². The highest BCUT2D eigenvalue weighted by molar-refractivity contribution is 6.21. The molecule has 2 amide bonds. The largest absolute Gasteiger partial charge is 0.497 e. The smallest absolute Gasteiger partial charge is 0.303 e. The second-order valence-corrected chi connectivity index (χ2v) is 17.5. The van der Waals surface area contributed by atoms with E-state index in [-0.39, 0.29) is 44.2 Å². The minimum atomic E-state index is -1.60. The molecule has 9 rings (SSSR count). The van der Waals surface area contributed by atoms with Crippen LogP contribution in [0.4, 0.5) is 0 Å². The first-order valence-corrected chi connectivity index (χ1v) is 23.9. The van der Waals surface area contributed by atoms with Crippen molar-refractivity contribution in [2.45, 2.75) is 94.7 Å². The summed E-state index contributed by atoms with van der Waals surface area (Å²) in [7, 11) is 1.56. The molecule has 3 aliphatic rings. The Kier molecular flexibility index (Phi) is 16.8. The van der Waals surface area contributed by atoms with Gasteiger partial charge in [0.2, 0.25) is 6.29 Å². The highest BCUT2D eigenvalue weighted by Crippen LogP contribution is 2.40. The third-order valence-corrected chi connectivity index (χ3v) is 12.7. The van der Waals surface area contributed by atoms with Gasteiger partial charge in [0.25, 0.3) is 11.8 Å². The summed E-state index contributed by atoms with van der Waals surface area (Å²) in [5.41, 5.74) is 3.63. The van der Waals surface area contributed by atoms with Crippen LogP contribution in [-0.4, -0.2) is 109 Å². The quantitative estimate of drug-likeness (QED) is 0.0557. The summed E-state index contributed by atoms with van der Waals surface area (Å²) in [6.07, 6.45) is -11.2. The molecule has 2 fully saturated rings. The molecule has 0 aromatic heterocycles. The summed E-state index contributed by atoms with van der Waals surface area (Å²) in [4.78, 5) is 44.1. The summed E-state index contributed by atoms with van der Waals surface area (Å²) in [5.74, 6) is -0.940. The number of esters is 1. The van der Waals surface area contributed by atoms with E-state index in [4.69, 9.17) is 47.4 Å². The summed E-state index contributed by atoms with van der Waals surface area (Å²) in [6.45, 7) is 0.837. The standard InChI is InChI=1S/C57H57NO14/c1-37(60)68-50-47(36-64-32-38-17-7-3-8-18-38)71-57(69-43-29-27-42(63-2)28-30-43)53(67-35-41-23-13-6-14-24-41)52(50)72-56-48(58-54(61)44-25-15-16-26-45(44)55(58)62)51(66-34-40-21-11-5-12-22-40)49(46(31-59)70-56)65-33-39-19-9-4-10-20-39/h3-30,46-53,56-57,59H,31-36H2,1-2H3/t46-,47-,48-,49-,50+,51-,52+,53-,56+,57-/m1/s1. The minimum absolute atomic E-state index is 0.00992. The molecule has 0 bridgehead atoms. The number of hydrogen-bond donors (Lipinski definition) is 1. The van der Waals surface area contributed by atoms with Gasteiger partial charge >= 0.3 is 5.97 Å². The molecule has 3 heterocycles. The number of fused-ring (bicyclic) bond motifs is 1. The third kappa shape index (κ3) is 11.9. The van der Waals surface area contributed by atoms with E-state index >= 15 is 0 Å². The number of aliphatic hydroxyl groups excluding tert-OH is 1. The lowest BCUT2D eigenvalue weighted by atomic mass is 9.93. The van der Waals surface area contributed by atoms with Crippen LogP contribution >= 0.6 is 0 Å². The van der Waals surface area contributed by atoms with Crippen LogP contribution in [0.25, 0.3) is 0 Å². The number of aliphatic hydroxyl groups is 1. The Labute approximate surface area is 418 Å². The maximum atomic E-state index is 14.8. The zero-order chi connectivity index (χ0) is 49.8. The molecule has 0 saturated carbocycles. The molecule has 0 radical (unpaired) electrons. The van der Waals surface area contributed by atoms with Crippen LogP contribution in [-0.2, 0) is 69.1 Å². The summed E-state index contributed by atoms with van der Waals surface area (Å²) in [6, 6.07) is 49.8. The summed E-state index contributed by atoms with van der Waals surface area (Å²) < 4.78 is 65.7. The monoisotopic (exact) mass is 979 g/mol. The number of methoxy groups -OCH3 is 1. The number of nitrogens with zero attached hydrogens (tertiary/aromatic N) is 1. The van der Waals surface area contributed by atoms with Gasteiger partial charge in [-0.2, -0.15) is 0 Å². The Morgan fingerprint density at radius 3 is 1.49 bits per heavy atom. The van der Waals surface area contributed by atoms with Gasteiger partial charge in [-0.25, -0.2) is 0 Å². The lowest BCUT2D eigenvalue weighted by molar-refractivity contribution is -0.354. The highest BCUT2D eigenvalue weighted by atomic mass is 16.8. The minimum Gasteiger partial charge on any atom is -0.497 e. The highest BCUT2D eigenvalue weighted by Gasteiger charge is 2.59. The van der Waals surface area contributed by atoms with E-state index in [0.717, 1.165) is 27.2 Å². The Bertz CT molecular complexity index is 2640. The van der Waals surface area contributed by atoms with Crippen LogP contribution < -0.4 is 9.47 Å². The average Bonchev–Trinajstić information content (AvgIpc) is 3.66. The van der Waals surface area contributed by atoms with Gasteiger partial charge in [-0.1, -0.05) is 133 Å². The Morgan fingerprint density at radius 1 is 0.528 bits per heavy atom. The Morgan fingerprint density at radius 2 is 0.986 bits per heavy atom. The van der Waals surface area contributed by atoms with Crippen molar-refractivity contribution in [2.24, 2.45) is 0 Å². The van der Waals surface area contributed by atoms with Crippen LogP contribution in [0.5, 0.6) is 11.5 Å². The van der Waals surface area contributed by atoms with Crippen molar-refractivity contribution in [3.05, 3.63) is 203 Å². The maximum absolute atomic E-state index is 14.8. The van der Waals surface area contributed by atoms with Gasteiger partial charge in [0.15, 0.2) is 18.5 Å². The number of benzene rings is 6. The number of carbonyl (C=O) groups is 3. The van der Waals surface area contributed by atoms with Crippen LogP contribution in [0.3, 0.4) is 0 Å². The summed E-state index contributed by atoms with van der Waals surface area (Å²) in [5, 5.41) is 11.3. The number of carbonyl (C=O) groups excluding carboxylic acids is 3. The SMILES string of the molecule is COc1ccc(O[C@@H]2O[C@H](COCc3ccccc3)[C@H](OC(C)=O)[C@H](O[C@@H]3O[C@H](CO)[C@@H](OCc4ccccc4)[C@H](OCc4ccccc4)[C@H]3N3C(=O)c4ccccc4C3=O)[C@H]2OCc2ccccc2)cc1. The van der Waals surface area contributed by atoms with Crippen molar-refractivity contribution in [2.75, 3.05) is 20.3 Å². The second-order valence-electron chi connectivity index (χ2n) is 17.5. The lowest BCUT2D eigenvalue weighted by Gasteiger charge is -2.51. The number of ether oxygens (including phenoxy) is 10. The Balaban J connectivity index is 1.16. The van der Waals surface area contributed by atoms with E-state index in [2.05, 4.69) is 0 Å². The first-order chi connectivity index (χ1) is 35.3. The molecule has 72 heavy (non-hydrogen) atoms. The van der Waals surface area contributed by atoms with Gasteiger partial charge in [0.1, 0.15) is 48.1 Å². The van der Waals surface area contributed by atoms with Crippen molar-refractivity contribution < 1.29 is 66.9 Å². The average molecular weight is 980 g/mol. The van der Waals surface area contributed by atoms with E-state index in [1.54, 1.807) is 55.6 Å². The maximum Gasteiger partial charge on any atom is 0.303 e. The molecule has 2 saturated heterocycles. The van der Waals surface area contributed by atoms with Gasteiger partial charge in [-0.05, 0) is 58.7 Å². The molecular formula is C57H57NO14. The molecule has 0 spiro atoms. The molecule has 10 atom stereocenters. The zero-order valence-corrected chi connectivity index (χ0v) is 39.9. The van der Waals surface area contributed by atoms with Crippen LogP contribution in [0.15, 0.2) is 170 Å². The number of rotatable bonds is 21. The summed E-state index contributed by atoms with van der Waals surface area (Å²) >= 11 is 0. The fourth-order valence-electron chi connectivity index (χ4n) is 9.18. The number of imide groups is 1. The van der Waals surface area contributed by atoms with E-state index in [1.165, 1.54) is 6.92 Å². The topological polar surface area (TPSA) is 167 Å². The molecule has 374 valence electrons. The van der Waals surface area contributed by atoms with Crippen LogP contribution in [0.2, 0.25) is 0 Å². The molecular weight excluding hydrogens is 923 g/mol. The fraction of sp³-hybridized carbons (Fsp3) is 0.316. The van der Waals surface area contributed by atoms with Crippen molar-refractivity contribution >= 4 is 17.8 Å². The predicted molar refractivity (Wildman–Crippen MR) is 260 cm³/mol. The van der Waals surface area contributed by atoms with E-state index in [0.29, 0.717) is 11.5 Å². The van der Waals surface area contributed by atoms with Crippen LogP contribution in [0, 0.1) is 0 Å². The second kappa shape index (κ2) is 24.1. The molecule has 6 aromatic carbocycles. The number of amides is 2. The van der Waals surface area contributed by atoms with Gasteiger partial charge in [0.05, 0.1) is 57.9 Å². The Hall–Kier alpha value is -6.79. The molecule has 6 aromatic rings. The fourth-order valence-corrected chi connectivity index (χ4v) is 9.18. The van der Waals surface area contributed by atoms with Crippen molar-refractivity contribution in [1.82, 2.24) is 4.90 Å². The first kappa shape index (κ1) is 50.2. The first-order valence-electron chi connectivity index (χ1n) is 23.9. The van der Waals surface area contributed by atoms with Gasteiger partial charge in [-0.15, -0.1) is 0 Å². The van der Waals surface area contributed by atoms with E-state index in [1.807, 2.05) is 121 Å². The van der Waals surface area contributed by atoms with Crippen molar-refractivity contribution in [3.63, 3.8) is 0 Å². The van der Waals surface area contributed by atoms with Gasteiger partial charge in [0, 0.05) is 6.92 Å².